The van der Waals surface area contributed by atoms with Crippen molar-refractivity contribution in [2.24, 2.45) is 0 Å². The van der Waals surface area contributed by atoms with Gasteiger partial charge in [0.1, 0.15) is 10.6 Å². The van der Waals surface area contributed by atoms with Crippen LogP contribution in [0.15, 0.2) is 70.3 Å². The summed E-state index contributed by atoms with van der Waals surface area (Å²) in [6.45, 7) is 0.589. The minimum Gasteiger partial charge on any atom is -0.495 e. The van der Waals surface area contributed by atoms with Crippen LogP contribution < -0.4 is 10.1 Å². The molecule has 0 saturated heterocycles. The summed E-state index contributed by atoms with van der Waals surface area (Å²) in [5.41, 5.74) is 2.11. The molecule has 0 bridgehead atoms. The number of hydrogen-bond acceptors (Lipinski definition) is 5. The fraction of sp³-hybridized carbons (Fsp3) is 0.190. The number of carbonyl (C=O) groups excluding carboxylic acids is 1. The Balaban J connectivity index is 1.84. The third kappa shape index (κ3) is 5.03. The van der Waals surface area contributed by atoms with Crippen molar-refractivity contribution in [2.75, 3.05) is 14.2 Å². The van der Waals surface area contributed by atoms with Crippen molar-refractivity contribution in [2.45, 2.75) is 18.0 Å². The van der Waals surface area contributed by atoms with Crippen LogP contribution in [-0.4, -0.2) is 32.8 Å². The summed E-state index contributed by atoms with van der Waals surface area (Å²) < 4.78 is 32.8. The van der Waals surface area contributed by atoms with Crippen molar-refractivity contribution in [3.05, 3.63) is 82.0 Å². The Kier molecular flexibility index (Phi) is 6.68. The highest BCUT2D eigenvalue weighted by Gasteiger charge is 2.26. The van der Waals surface area contributed by atoms with Crippen molar-refractivity contribution in [3.63, 3.8) is 0 Å². The first-order chi connectivity index (χ1) is 13.9. The lowest BCUT2D eigenvalue weighted by Gasteiger charge is -2.19. The van der Waals surface area contributed by atoms with Crippen LogP contribution in [0.1, 0.15) is 21.5 Å². The summed E-state index contributed by atoms with van der Waals surface area (Å²) in [5, 5.41) is 6.68. The van der Waals surface area contributed by atoms with Crippen LogP contribution in [0.4, 0.5) is 0 Å². The molecule has 0 unspecified atom stereocenters. The van der Waals surface area contributed by atoms with Gasteiger partial charge in [-0.3, -0.25) is 4.79 Å². The summed E-state index contributed by atoms with van der Waals surface area (Å²) in [7, 11) is -0.954. The van der Waals surface area contributed by atoms with Crippen LogP contribution in [-0.2, 0) is 23.1 Å². The van der Waals surface area contributed by atoms with Crippen LogP contribution in [0.5, 0.6) is 5.75 Å². The van der Waals surface area contributed by atoms with E-state index in [1.54, 1.807) is 17.4 Å². The van der Waals surface area contributed by atoms with E-state index in [-0.39, 0.29) is 28.7 Å². The standard InChI is InChI=1S/C21H22N2O4S2/c1-23(14-16-6-4-3-5-7-16)29(25,26)20-12-18(8-9-19(20)27-2)21(24)22-13-17-10-11-28-15-17/h3-12,15H,13-14H2,1-2H3,(H,22,24). The molecule has 6 nitrogen and oxygen atoms in total. The van der Waals surface area contributed by atoms with E-state index in [0.717, 1.165) is 11.1 Å². The molecule has 0 aliphatic rings. The topological polar surface area (TPSA) is 75.7 Å². The molecule has 0 aliphatic carbocycles. The second-order valence-electron chi connectivity index (χ2n) is 6.43. The largest absolute Gasteiger partial charge is 0.495 e. The van der Waals surface area contributed by atoms with Gasteiger partial charge >= 0.3 is 0 Å². The predicted octanol–water partition coefficient (Wildman–Crippen LogP) is 3.51. The highest BCUT2D eigenvalue weighted by atomic mass is 32.2. The maximum absolute atomic E-state index is 13.2. The predicted molar refractivity (Wildman–Crippen MR) is 114 cm³/mol. The molecule has 1 N–H and O–H groups in total. The number of rotatable bonds is 8. The van der Waals surface area contributed by atoms with E-state index >= 15 is 0 Å². The highest BCUT2D eigenvalue weighted by molar-refractivity contribution is 7.89. The van der Waals surface area contributed by atoms with E-state index < -0.39 is 10.0 Å². The molecule has 1 heterocycles. The first-order valence-corrected chi connectivity index (χ1v) is 11.3. The zero-order valence-electron chi connectivity index (χ0n) is 16.2. The van der Waals surface area contributed by atoms with E-state index in [9.17, 15) is 13.2 Å². The Morgan fingerprint density at radius 1 is 1.10 bits per heavy atom. The summed E-state index contributed by atoms with van der Waals surface area (Å²) in [6.07, 6.45) is 0. The average Bonchev–Trinajstić information content (AvgIpc) is 3.26. The molecule has 152 valence electrons. The molecule has 0 spiro atoms. The summed E-state index contributed by atoms with van der Waals surface area (Å²) in [6, 6.07) is 15.6. The van der Waals surface area contributed by atoms with Crippen molar-refractivity contribution < 1.29 is 17.9 Å². The minimum atomic E-state index is -3.86. The first kappa shape index (κ1) is 21.0. The molecule has 3 rings (SSSR count). The first-order valence-electron chi connectivity index (χ1n) is 8.89. The zero-order chi connectivity index (χ0) is 20.9. The molecule has 2 aromatic carbocycles. The van der Waals surface area contributed by atoms with Gasteiger partial charge in [-0.1, -0.05) is 30.3 Å². The molecular weight excluding hydrogens is 408 g/mol. The highest BCUT2D eigenvalue weighted by Crippen LogP contribution is 2.28. The van der Waals surface area contributed by atoms with Gasteiger partial charge < -0.3 is 10.1 Å². The normalized spacial score (nSPS) is 11.4. The van der Waals surface area contributed by atoms with E-state index in [4.69, 9.17) is 4.74 Å². The van der Waals surface area contributed by atoms with Gasteiger partial charge in [0.05, 0.1) is 7.11 Å². The van der Waals surface area contributed by atoms with Gasteiger partial charge in [0.15, 0.2) is 0 Å². The lowest BCUT2D eigenvalue weighted by molar-refractivity contribution is 0.0950. The number of hydrogen-bond donors (Lipinski definition) is 1. The number of sulfonamides is 1. The van der Waals surface area contributed by atoms with Crippen LogP contribution in [0.2, 0.25) is 0 Å². The molecular formula is C21H22N2O4S2. The van der Waals surface area contributed by atoms with Gasteiger partial charge in [0, 0.05) is 25.7 Å². The van der Waals surface area contributed by atoms with Crippen molar-refractivity contribution in [1.29, 1.82) is 0 Å². The monoisotopic (exact) mass is 430 g/mol. The summed E-state index contributed by atoms with van der Waals surface area (Å²) in [4.78, 5) is 12.5. The molecule has 1 aromatic heterocycles. The Hall–Kier alpha value is -2.68. The molecule has 0 radical (unpaired) electrons. The number of amides is 1. The SMILES string of the molecule is COc1ccc(C(=O)NCc2ccsc2)cc1S(=O)(=O)N(C)Cc1ccccc1. The van der Waals surface area contributed by atoms with Crippen molar-refractivity contribution in [1.82, 2.24) is 9.62 Å². The fourth-order valence-corrected chi connectivity index (χ4v) is 4.80. The maximum Gasteiger partial charge on any atom is 0.251 e. The maximum atomic E-state index is 13.2. The number of methoxy groups -OCH3 is 1. The average molecular weight is 431 g/mol. The molecule has 8 heteroatoms. The molecule has 0 saturated carbocycles. The third-order valence-electron chi connectivity index (χ3n) is 4.40. The molecule has 1 amide bonds. The number of nitrogens with zero attached hydrogens (tertiary/aromatic N) is 1. The van der Waals surface area contributed by atoms with Crippen molar-refractivity contribution >= 4 is 27.3 Å². The minimum absolute atomic E-state index is 0.0402. The quantitative estimate of drug-likeness (QED) is 0.593. The van der Waals surface area contributed by atoms with E-state index in [2.05, 4.69) is 5.32 Å². The van der Waals surface area contributed by atoms with E-state index in [0.29, 0.717) is 6.54 Å². The number of thiophene rings is 1. The van der Waals surface area contributed by atoms with Crippen LogP contribution in [0.25, 0.3) is 0 Å². The second-order valence-corrected chi connectivity index (χ2v) is 9.22. The molecule has 0 aliphatic heterocycles. The van der Waals surface area contributed by atoms with Gasteiger partial charge in [-0.25, -0.2) is 8.42 Å². The smallest absolute Gasteiger partial charge is 0.251 e. The van der Waals surface area contributed by atoms with E-state index in [1.165, 1.54) is 30.6 Å². The van der Waals surface area contributed by atoms with Gasteiger partial charge in [-0.05, 0) is 46.2 Å². The molecule has 3 aromatic rings. The number of carbonyl (C=O) groups is 1. The Morgan fingerprint density at radius 3 is 2.52 bits per heavy atom. The van der Waals surface area contributed by atoms with Crippen LogP contribution >= 0.6 is 11.3 Å². The third-order valence-corrected chi connectivity index (χ3v) is 6.95. The van der Waals surface area contributed by atoms with Crippen molar-refractivity contribution in [3.8, 4) is 5.75 Å². The van der Waals surface area contributed by atoms with Gasteiger partial charge in [-0.2, -0.15) is 15.6 Å². The molecule has 29 heavy (non-hydrogen) atoms. The lowest BCUT2D eigenvalue weighted by atomic mass is 10.2. The van der Waals surface area contributed by atoms with Crippen LogP contribution in [0.3, 0.4) is 0 Å². The van der Waals surface area contributed by atoms with Gasteiger partial charge in [0.2, 0.25) is 10.0 Å². The molecule has 0 fully saturated rings. The summed E-state index contributed by atoms with van der Waals surface area (Å²) in [5.74, 6) is -0.152. The summed E-state index contributed by atoms with van der Waals surface area (Å²) >= 11 is 1.55. The zero-order valence-corrected chi connectivity index (χ0v) is 17.8. The molecule has 0 atom stereocenters. The number of ether oxygens (including phenoxy) is 1. The Morgan fingerprint density at radius 2 is 1.86 bits per heavy atom. The Bertz CT molecular complexity index is 1070. The van der Waals surface area contributed by atoms with Gasteiger partial charge in [-0.15, -0.1) is 0 Å². The fourth-order valence-electron chi connectivity index (χ4n) is 2.79. The van der Waals surface area contributed by atoms with Crippen LogP contribution in [0, 0.1) is 0 Å². The number of benzene rings is 2. The Labute approximate surface area is 174 Å². The lowest BCUT2D eigenvalue weighted by Crippen LogP contribution is -2.28. The second kappa shape index (κ2) is 9.21. The van der Waals surface area contributed by atoms with Gasteiger partial charge in [0.25, 0.3) is 5.91 Å². The number of nitrogens with one attached hydrogen (secondary N) is 1. The van der Waals surface area contributed by atoms with E-state index in [1.807, 2.05) is 47.2 Å².